The first-order valence-corrected chi connectivity index (χ1v) is 11.8. The molecule has 0 atom stereocenters. The summed E-state index contributed by atoms with van der Waals surface area (Å²) in [5.74, 6) is -0.295. The van der Waals surface area contributed by atoms with Gasteiger partial charge in [-0.2, -0.15) is 0 Å². The van der Waals surface area contributed by atoms with Crippen molar-refractivity contribution in [1.29, 1.82) is 0 Å². The average Bonchev–Trinajstić information content (AvgIpc) is 3.36. The lowest BCUT2D eigenvalue weighted by atomic mass is 10.1. The Kier molecular flexibility index (Phi) is 6.36. The second-order valence-corrected chi connectivity index (χ2v) is 9.22. The zero-order valence-corrected chi connectivity index (χ0v) is 18.8. The number of hydrogen-bond acceptors (Lipinski definition) is 6. The molecule has 1 N–H and O–H groups in total. The molecule has 0 spiro atoms. The molecule has 3 aromatic rings. The van der Waals surface area contributed by atoms with Crippen LogP contribution < -0.4 is 10.2 Å². The highest BCUT2D eigenvalue weighted by Crippen LogP contribution is 2.26. The van der Waals surface area contributed by atoms with Gasteiger partial charge in [0, 0.05) is 37.1 Å². The molecule has 0 radical (unpaired) electrons. The number of aryl methyl sites for hydroxylation is 1. The van der Waals surface area contributed by atoms with Gasteiger partial charge in [0.1, 0.15) is 0 Å². The molecule has 0 unspecified atom stereocenters. The Balaban J connectivity index is 1.45. The van der Waals surface area contributed by atoms with E-state index in [0.29, 0.717) is 34.2 Å². The van der Waals surface area contributed by atoms with Crippen molar-refractivity contribution in [3.8, 4) is 0 Å². The fourth-order valence-corrected chi connectivity index (χ4v) is 4.97. The van der Waals surface area contributed by atoms with Crippen LogP contribution in [0.4, 0.5) is 10.8 Å². The van der Waals surface area contributed by atoms with Crippen molar-refractivity contribution in [3.05, 3.63) is 62.2 Å². The quantitative estimate of drug-likeness (QED) is 0.609. The number of halogens is 1. The van der Waals surface area contributed by atoms with Gasteiger partial charge in [-0.1, -0.05) is 17.7 Å². The van der Waals surface area contributed by atoms with Crippen LogP contribution in [0.25, 0.3) is 0 Å². The van der Waals surface area contributed by atoms with Crippen molar-refractivity contribution in [3.63, 3.8) is 0 Å². The third-order valence-electron chi connectivity index (χ3n) is 4.87. The molecule has 4 rings (SSSR count). The van der Waals surface area contributed by atoms with Crippen molar-refractivity contribution in [1.82, 2.24) is 9.88 Å². The van der Waals surface area contributed by atoms with Crippen LogP contribution in [0.5, 0.6) is 0 Å². The van der Waals surface area contributed by atoms with Crippen molar-refractivity contribution >= 4 is 56.9 Å². The standard InChI is InChI=1S/C21H21ClN4O2S2/c1-14-13-30-21(23-14)26-8-3-7-25(9-10-26)20(28)15-5-6-16(22)17(12-15)24-19(27)18-4-2-11-29-18/h2,4-6,11-13H,3,7-10H2,1H3,(H,24,27). The number of anilines is 2. The van der Waals surface area contributed by atoms with Gasteiger partial charge < -0.3 is 15.1 Å². The van der Waals surface area contributed by atoms with E-state index in [9.17, 15) is 9.59 Å². The summed E-state index contributed by atoms with van der Waals surface area (Å²) >= 11 is 9.25. The monoisotopic (exact) mass is 460 g/mol. The van der Waals surface area contributed by atoms with E-state index >= 15 is 0 Å². The first-order chi connectivity index (χ1) is 14.5. The van der Waals surface area contributed by atoms with Crippen LogP contribution in [-0.4, -0.2) is 47.9 Å². The highest BCUT2D eigenvalue weighted by molar-refractivity contribution is 7.13. The molecule has 0 bridgehead atoms. The van der Waals surface area contributed by atoms with E-state index in [1.165, 1.54) is 11.3 Å². The maximum atomic E-state index is 13.1. The Morgan fingerprint density at radius 3 is 2.73 bits per heavy atom. The van der Waals surface area contributed by atoms with Gasteiger partial charge in [-0.05, 0) is 43.0 Å². The molecular weight excluding hydrogens is 440 g/mol. The molecule has 1 aliphatic rings. The average molecular weight is 461 g/mol. The highest BCUT2D eigenvalue weighted by Gasteiger charge is 2.22. The second-order valence-electron chi connectivity index (χ2n) is 7.03. The third-order valence-corrected chi connectivity index (χ3v) is 7.08. The second kappa shape index (κ2) is 9.16. The van der Waals surface area contributed by atoms with Crippen LogP contribution in [0, 0.1) is 6.92 Å². The predicted molar refractivity (Wildman–Crippen MR) is 123 cm³/mol. The van der Waals surface area contributed by atoms with Gasteiger partial charge in [-0.3, -0.25) is 9.59 Å². The van der Waals surface area contributed by atoms with Gasteiger partial charge in [-0.15, -0.1) is 22.7 Å². The molecule has 6 nitrogen and oxygen atoms in total. The third kappa shape index (κ3) is 4.66. The molecule has 1 fully saturated rings. The first-order valence-electron chi connectivity index (χ1n) is 9.62. The van der Waals surface area contributed by atoms with Crippen molar-refractivity contribution < 1.29 is 9.59 Å². The molecule has 2 amide bonds. The molecule has 156 valence electrons. The maximum absolute atomic E-state index is 13.1. The number of benzene rings is 1. The Labute approximate surface area is 188 Å². The zero-order chi connectivity index (χ0) is 21.1. The Bertz CT molecular complexity index is 1050. The summed E-state index contributed by atoms with van der Waals surface area (Å²) in [4.78, 5) is 34.7. The summed E-state index contributed by atoms with van der Waals surface area (Å²) in [6.45, 7) is 4.91. The molecule has 0 saturated carbocycles. The van der Waals surface area contributed by atoms with Crippen LogP contribution in [0.2, 0.25) is 5.02 Å². The van der Waals surface area contributed by atoms with Crippen LogP contribution in [0.15, 0.2) is 41.1 Å². The fourth-order valence-electron chi connectivity index (χ4n) is 3.33. The minimum Gasteiger partial charge on any atom is -0.346 e. The topological polar surface area (TPSA) is 65.5 Å². The van der Waals surface area contributed by atoms with Gasteiger partial charge in [-0.25, -0.2) is 4.98 Å². The fraction of sp³-hybridized carbons (Fsp3) is 0.286. The summed E-state index contributed by atoms with van der Waals surface area (Å²) in [6, 6.07) is 8.58. The molecule has 3 heterocycles. The van der Waals surface area contributed by atoms with Crippen LogP contribution in [-0.2, 0) is 0 Å². The number of amides is 2. The normalized spacial score (nSPS) is 14.5. The van der Waals surface area contributed by atoms with Gasteiger partial charge >= 0.3 is 0 Å². The number of carbonyl (C=O) groups excluding carboxylic acids is 2. The molecule has 2 aromatic heterocycles. The number of rotatable bonds is 4. The van der Waals surface area contributed by atoms with Crippen molar-refractivity contribution in [2.24, 2.45) is 0 Å². The minimum absolute atomic E-state index is 0.0598. The molecule has 30 heavy (non-hydrogen) atoms. The molecular formula is C21H21ClN4O2S2. The number of hydrogen-bond donors (Lipinski definition) is 1. The Morgan fingerprint density at radius 1 is 1.13 bits per heavy atom. The lowest BCUT2D eigenvalue weighted by Crippen LogP contribution is -2.35. The van der Waals surface area contributed by atoms with Crippen LogP contribution >= 0.6 is 34.3 Å². The maximum Gasteiger partial charge on any atom is 0.265 e. The van der Waals surface area contributed by atoms with E-state index in [2.05, 4.69) is 15.2 Å². The Morgan fingerprint density at radius 2 is 2.00 bits per heavy atom. The molecule has 9 heteroatoms. The summed E-state index contributed by atoms with van der Waals surface area (Å²) in [7, 11) is 0. The van der Waals surface area contributed by atoms with E-state index in [-0.39, 0.29) is 11.8 Å². The minimum atomic E-state index is -0.236. The van der Waals surface area contributed by atoms with E-state index in [1.54, 1.807) is 35.6 Å². The SMILES string of the molecule is Cc1csc(N2CCCN(C(=O)c3ccc(Cl)c(NC(=O)c4cccs4)c3)CC2)n1. The van der Waals surface area contributed by atoms with Crippen molar-refractivity contribution in [2.45, 2.75) is 13.3 Å². The van der Waals surface area contributed by atoms with E-state index in [4.69, 9.17) is 11.6 Å². The number of aromatic nitrogens is 1. The lowest BCUT2D eigenvalue weighted by Gasteiger charge is -2.22. The largest absolute Gasteiger partial charge is 0.346 e. The molecule has 1 saturated heterocycles. The predicted octanol–water partition coefficient (Wildman–Crippen LogP) is 4.77. The van der Waals surface area contributed by atoms with Gasteiger partial charge in [0.15, 0.2) is 5.13 Å². The molecule has 0 aliphatic carbocycles. The number of thiazole rings is 1. The first kappa shape index (κ1) is 20.8. The lowest BCUT2D eigenvalue weighted by molar-refractivity contribution is 0.0766. The number of thiophene rings is 1. The van der Waals surface area contributed by atoms with E-state index < -0.39 is 0 Å². The van der Waals surface area contributed by atoms with Gasteiger partial charge in [0.05, 0.1) is 21.3 Å². The van der Waals surface area contributed by atoms with E-state index in [0.717, 1.165) is 30.3 Å². The zero-order valence-electron chi connectivity index (χ0n) is 16.4. The number of nitrogens with one attached hydrogen (secondary N) is 1. The summed E-state index contributed by atoms with van der Waals surface area (Å²) in [5.41, 5.74) is 1.97. The van der Waals surface area contributed by atoms with E-state index in [1.807, 2.05) is 28.7 Å². The smallest absolute Gasteiger partial charge is 0.265 e. The highest BCUT2D eigenvalue weighted by atomic mass is 35.5. The summed E-state index contributed by atoms with van der Waals surface area (Å²) < 4.78 is 0. The molecule has 1 aliphatic heterocycles. The van der Waals surface area contributed by atoms with Gasteiger partial charge in [0.25, 0.3) is 11.8 Å². The number of carbonyl (C=O) groups is 2. The van der Waals surface area contributed by atoms with Crippen LogP contribution in [0.1, 0.15) is 32.1 Å². The number of nitrogens with zero attached hydrogens (tertiary/aromatic N) is 3. The van der Waals surface area contributed by atoms with Gasteiger partial charge in [0.2, 0.25) is 0 Å². The van der Waals surface area contributed by atoms with Crippen molar-refractivity contribution in [2.75, 3.05) is 36.4 Å². The summed E-state index contributed by atoms with van der Waals surface area (Å²) in [6.07, 6.45) is 0.875. The Hall–Kier alpha value is -2.42. The molecule has 1 aromatic carbocycles. The van der Waals surface area contributed by atoms with Crippen LogP contribution in [0.3, 0.4) is 0 Å². The summed E-state index contributed by atoms with van der Waals surface area (Å²) in [5, 5.41) is 8.10.